The quantitative estimate of drug-likeness (QED) is 0.780. The highest BCUT2D eigenvalue weighted by molar-refractivity contribution is 5.38. The van der Waals surface area contributed by atoms with Crippen LogP contribution < -0.4 is 4.74 Å². The summed E-state index contributed by atoms with van der Waals surface area (Å²) in [7, 11) is 1.76. The van der Waals surface area contributed by atoms with E-state index in [1.54, 1.807) is 7.11 Å². The topological polar surface area (TPSA) is 12.5 Å². The molecule has 2 nitrogen and oxygen atoms in total. The molecule has 0 N–H and O–H groups in total. The maximum Gasteiger partial charge on any atom is 0.119 e. The number of rotatable bonds is 6. The Kier molecular flexibility index (Phi) is 5.47. The molecule has 0 bridgehead atoms. The first-order chi connectivity index (χ1) is 9.69. The molecule has 1 aliphatic rings. The lowest BCUT2D eigenvalue weighted by Crippen LogP contribution is -2.45. The Morgan fingerprint density at radius 2 is 1.80 bits per heavy atom. The van der Waals surface area contributed by atoms with Gasteiger partial charge < -0.3 is 4.74 Å². The van der Waals surface area contributed by atoms with E-state index in [1.165, 1.54) is 49.9 Å². The van der Waals surface area contributed by atoms with Gasteiger partial charge in [-0.15, -0.1) is 0 Å². The predicted octanol–water partition coefficient (Wildman–Crippen LogP) is 3.92. The van der Waals surface area contributed by atoms with Crippen LogP contribution in [0.2, 0.25) is 0 Å². The van der Waals surface area contributed by atoms with Crippen molar-refractivity contribution in [2.45, 2.75) is 52.5 Å². The van der Waals surface area contributed by atoms with Crippen molar-refractivity contribution in [3.05, 3.63) is 29.3 Å². The molecule has 0 saturated heterocycles. The van der Waals surface area contributed by atoms with Crippen LogP contribution in [0.15, 0.2) is 18.2 Å². The van der Waals surface area contributed by atoms with Gasteiger partial charge in [-0.1, -0.05) is 26.8 Å². The zero-order valence-electron chi connectivity index (χ0n) is 13.5. The Labute approximate surface area is 124 Å². The lowest BCUT2D eigenvalue weighted by Gasteiger charge is -2.39. The molecule has 0 aromatic heterocycles. The lowest BCUT2D eigenvalue weighted by molar-refractivity contribution is 0.139. The summed E-state index contributed by atoms with van der Waals surface area (Å²) in [5.74, 6) is 1.74. The minimum atomic E-state index is 0.689. The molecule has 0 saturated carbocycles. The molecule has 0 aliphatic heterocycles. The van der Waals surface area contributed by atoms with Gasteiger partial charge in [0.1, 0.15) is 5.75 Å². The fourth-order valence-corrected chi connectivity index (χ4v) is 3.53. The van der Waals surface area contributed by atoms with Crippen molar-refractivity contribution in [2.24, 2.45) is 5.92 Å². The molecule has 1 aliphatic carbocycles. The molecular formula is C18H29NO. The van der Waals surface area contributed by atoms with Gasteiger partial charge in [-0.05, 0) is 68.0 Å². The van der Waals surface area contributed by atoms with E-state index < -0.39 is 0 Å². The molecule has 1 aromatic carbocycles. The zero-order valence-corrected chi connectivity index (χ0v) is 13.5. The number of ether oxygens (including phenoxy) is 1. The maximum absolute atomic E-state index is 5.38. The second-order valence-electron chi connectivity index (χ2n) is 6.12. The summed E-state index contributed by atoms with van der Waals surface area (Å²) in [5.41, 5.74) is 3.01. The highest BCUT2D eigenvalue weighted by Crippen LogP contribution is 2.31. The van der Waals surface area contributed by atoms with Crippen LogP contribution in [-0.4, -0.2) is 31.1 Å². The van der Waals surface area contributed by atoms with Crippen molar-refractivity contribution < 1.29 is 4.74 Å². The van der Waals surface area contributed by atoms with Crippen LogP contribution in [0.4, 0.5) is 0 Å². The highest BCUT2D eigenvalue weighted by Gasteiger charge is 2.29. The largest absolute Gasteiger partial charge is 0.497 e. The predicted molar refractivity (Wildman–Crippen MR) is 85.5 cm³/mol. The second kappa shape index (κ2) is 7.12. The van der Waals surface area contributed by atoms with Gasteiger partial charge >= 0.3 is 0 Å². The van der Waals surface area contributed by atoms with Gasteiger partial charge in [-0.2, -0.15) is 0 Å². The second-order valence-corrected chi connectivity index (χ2v) is 6.12. The summed E-state index contributed by atoms with van der Waals surface area (Å²) in [5, 5.41) is 0. The van der Waals surface area contributed by atoms with Crippen LogP contribution in [-0.2, 0) is 12.8 Å². The zero-order chi connectivity index (χ0) is 14.5. The first kappa shape index (κ1) is 15.4. The first-order valence-electron chi connectivity index (χ1n) is 8.09. The number of benzene rings is 1. The van der Waals surface area contributed by atoms with Crippen LogP contribution in [0.3, 0.4) is 0 Å². The number of hydrogen-bond acceptors (Lipinski definition) is 2. The third kappa shape index (κ3) is 3.35. The Morgan fingerprint density at radius 1 is 1.10 bits per heavy atom. The van der Waals surface area contributed by atoms with Crippen molar-refractivity contribution in [1.29, 1.82) is 0 Å². The molecule has 0 heterocycles. The van der Waals surface area contributed by atoms with Gasteiger partial charge in [0.25, 0.3) is 0 Å². The number of nitrogens with zero attached hydrogens (tertiary/aromatic N) is 1. The number of hydrogen-bond donors (Lipinski definition) is 0. The van der Waals surface area contributed by atoms with Crippen LogP contribution in [0.25, 0.3) is 0 Å². The lowest BCUT2D eigenvalue weighted by atomic mass is 9.80. The van der Waals surface area contributed by atoms with E-state index in [1.807, 2.05) is 0 Å². The summed E-state index contributed by atoms with van der Waals surface area (Å²) in [4.78, 5) is 2.70. The number of fused-ring (bicyclic) bond motifs is 1. The fraction of sp³-hybridized carbons (Fsp3) is 0.667. The average Bonchev–Trinajstić information content (AvgIpc) is 2.46. The summed E-state index contributed by atoms with van der Waals surface area (Å²) in [6.07, 6.45) is 4.87. The van der Waals surface area contributed by atoms with Gasteiger partial charge in [0.05, 0.1) is 7.11 Å². The van der Waals surface area contributed by atoms with Gasteiger partial charge in [0.15, 0.2) is 0 Å². The third-order valence-electron chi connectivity index (χ3n) is 4.53. The summed E-state index contributed by atoms with van der Waals surface area (Å²) in [6.45, 7) is 9.43. The van der Waals surface area contributed by atoms with Crippen molar-refractivity contribution in [3.63, 3.8) is 0 Å². The van der Waals surface area contributed by atoms with E-state index in [9.17, 15) is 0 Å². The van der Waals surface area contributed by atoms with E-state index in [0.29, 0.717) is 6.04 Å². The smallest absolute Gasteiger partial charge is 0.119 e. The molecule has 2 atom stereocenters. The standard InChI is InChI=1S/C18H29NO/c1-5-9-19(10-6-2)18-13-16-12-17(20-4)8-7-15(16)11-14(18)3/h7-8,12,14,18H,5-6,9-11,13H2,1-4H3/t14?,18-/m0/s1. The minimum absolute atomic E-state index is 0.689. The maximum atomic E-state index is 5.38. The van der Waals surface area contributed by atoms with Crippen LogP contribution in [0, 0.1) is 5.92 Å². The van der Waals surface area contributed by atoms with Crippen molar-refractivity contribution in [1.82, 2.24) is 4.90 Å². The molecular weight excluding hydrogens is 246 g/mol. The normalized spacial score (nSPS) is 21.9. The average molecular weight is 275 g/mol. The SMILES string of the molecule is CCCN(CCC)[C@H]1Cc2cc(OC)ccc2CC1C. The third-order valence-corrected chi connectivity index (χ3v) is 4.53. The van der Waals surface area contributed by atoms with Crippen LogP contribution >= 0.6 is 0 Å². The van der Waals surface area contributed by atoms with E-state index in [0.717, 1.165) is 11.7 Å². The molecule has 0 spiro atoms. The molecule has 112 valence electrons. The molecule has 1 aromatic rings. The summed E-state index contributed by atoms with van der Waals surface area (Å²) >= 11 is 0. The van der Waals surface area contributed by atoms with Gasteiger partial charge in [0.2, 0.25) is 0 Å². The van der Waals surface area contributed by atoms with Crippen molar-refractivity contribution in [3.8, 4) is 5.75 Å². The molecule has 2 rings (SSSR count). The van der Waals surface area contributed by atoms with E-state index in [4.69, 9.17) is 4.74 Å². The molecule has 0 fully saturated rings. The molecule has 2 heteroatoms. The monoisotopic (exact) mass is 275 g/mol. The Hall–Kier alpha value is -1.02. The molecule has 1 unspecified atom stereocenters. The Balaban J connectivity index is 2.19. The minimum Gasteiger partial charge on any atom is -0.497 e. The number of methoxy groups -OCH3 is 1. The van der Waals surface area contributed by atoms with E-state index in [2.05, 4.69) is 43.9 Å². The van der Waals surface area contributed by atoms with Crippen LogP contribution in [0.5, 0.6) is 5.75 Å². The van der Waals surface area contributed by atoms with E-state index in [-0.39, 0.29) is 0 Å². The fourth-order valence-electron chi connectivity index (χ4n) is 3.53. The van der Waals surface area contributed by atoms with Gasteiger partial charge in [-0.3, -0.25) is 4.90 Å². The van der Waals surface area contributed by atoms with Crippen molar-refractivity contribution >= 4 is 0 Å². The molecule has 0 amide bonds. The Morgan fingerprint density at radius 3 is 2.40 bits per heavy atom. The van der Waals surface area contributed by atoms with Crippen molar-refractivity contribution in [2.75, 3.05) is 20.2 Å². The van der Waals surface area contributed by atoms with Gasteiger partial charge in [0, 0.05) is 6.04 Å². The van der Waals surface area contributed by atoms with Gasteiger partial charge in [-0.25, -0.2) is 0 Å². The summed E-state index contributed by atoms with van der Waals surface area (Å²) < 4.78 is 5.38. The van der Waals surface area contributed by atoms with E-state index >= 15 is 0 Å². The molecule has 0 radical (unpaired) electrons. The molecule has 20 heavy (non-hydrogen) atoms. The van der Waals surface area contributed by atoms with Crippen LogP contribution in [0.1, 0.15) is 44.7 Å². The Bertz CT molecular complexity index is 423. The summed E-state index contributed by atoms with van der Waals surface area (Å²) in [6, 6.07) is 7.28. The first-order valence-corrected chi connectivity index (χ1v) is 8.09. The highest BCUT2D eigenvalue weighted by atomic mass is 16.5.